The first-order valence-corrected chi connectivity index (χ1v) is 7.16. The van der Waals surface area contributed by atoms with E-state index in [1.54, 1.807) is 14.2 Å². The van der Waals surface area contributed by atoms with Crippen molar-refractivity contribution < 1.29 is 9.47 Å². The zero-order valence-corrected chi connectivity index (χ0v) is 13.6. The number of rotatable bonds is 8. The van der Waals surface area contributed by atoms with Gasteiger partial charge in [-0.25, -0.2) is 0 Å². The van der Waals surface area contributed by atoms with Gasteiger partial charge in [0.25, 0.3) is 0 Å². The van der Waals surface area contributed by atoms with E-state index in [-0.39, 0.29) is 6.04 Å². The molecule has 4 heteroatoms. The quantitative estimate of drug-likeness (QED) is 0.794. The van der Waals surface area contributed by atoms with Crippen LogP contribution in [0.1, 0.15) is 31.9 Å². The second-order valence-corrected chi connectivity index (χ2v) is 5.15. The van der Waals surface area contributed by atoms with Crippen LogP contribution in [0.3, 0.4) is 0 Å². The van der Waals surface area contributed by atoms with Crippen LogP contribution >= 0.6 is 0 Å². The van der Waals surface area contributed by atoms with E-state index in [1.807, 2.05) is 19.2 Å². The van der Waals surface area contributed by atoms with E-state index in [4.69, 9.17) is 9.47 Å². The minimum absolute atomic E-state index is 0.272. The van der Waals surface area contributed by atoms with Gasteiger partial charge in [0.2, 0.25) is 0 Å². The van der Waals surface area contributed by atoms with Gasteiger partial charge in [-0.05, 0) is 45.1 Å². The predicted octanol–water partition coefficient (Wildman–Crippen LogP) is 2.69. The van der Waals surface area contributed by atoms with Gasteiger partial charge in [-0.15, -0.1) is 0 Å². The molecule has 2 unspecified atom stereocenters. The average Bonchev–Trinajstić information content (AvgIpc) is 2.50. The third-order valence-electron chi connectivity index (χ3n) is 3.97. The highest BCUT2D eigenvalue weighted by Crippen LogP contribution is 2.30. The molecule has 1 rings (SSSR count). The summed E-state index contributed by atoms with van der Waals surface area (Å²) in [7, 11) is 7.48. The van der Waals surface area contributed by atoms with Crippen molar-refractivity contribution in [3.63, 3.8) is 0 Å². The molecule has 0 spiro atoms. The Hall–Kier alpha value is -1.26. The minimum Gasteiger partial charge on any atom is -0.493 e. The molecule has 0 amide bonds. The van der Waals surface area contributed by atoms with Crippen molar-refractivity contribution in [1.82, 2.24) is 10.2 Å². The van der Waals surface area contributed by atoms with E-state index in [1.165, 1.54) is 5.56 Å². The van der Waals surface area contributed by atoms with Crippen molar-refractivity contribution in [2.75, 3.05) is 34.9 Å². The molecule has 1 N–H and O–H groups in total. The first-order chi connectivity index (χ1) is 9.57. The number of hydrogen-bond donors (Lipinski definition) is 1. The Bertz CT molecular complexity index is 409. The summed E-state index contributed by atoms with van der Waals surface area (Å²) in [5, 5.41) is 3.38. The fraction of sp³-hybridized carbons (Fsp3) is 0.625. The van der Waals surface area contributed by atoms with Crippen molar-refractivity contribution in [3.8, 4) is 11.5 Å². The minimum atomic E-state index is 0.272. The van der Waals surface area contributed by atoms with Crippen LogP contribution in [0.2, 0.25) is 0 Å². The molecular formula is C16H28N2O2. The summed E-state index contributed by atoms with van der Waals surface area (Å²) >= 11 is 0. The molecule has 0 saturated carbocycles. The second-order valence-electron chi connectivity index (χ2n) is 5.15. The topological polar surface area (TPSA) is 33.7 Å². The maximum Gasteiger partial charge on any atom is 0.161 e. The lowest BCUT2D eigenvalue weighted by Crippen LogP contribution is -2.36. The number of nitrogens with zero attached hydrogens (tertiary/aromatic N) is 1. The van der Waals surface area contributed by atoms with Crippen LogP contribution in [0.25, 0.3) is 0 Å². The Labute approximate surface area is 123 Å². The molecule has 4 nitrogen and oxygen atoms in total. The van der Waals surface area contributed by atoms with Crippen LogP contribution in [0.4, 0.5) is 0 Å². The first-order valence-electron chi connectivity index (χ1n) is 7.16. The summed E-state index contributed by atoms with van der Waals surface area (Å²) in [5.41, 5.74) is 1.21. The number of methoxy groups -OCH3 is 2. The molecule has 0 aliphatic rings. The molecule has 0 radical (unpaired) electrons. The number of ether oxygens (including phenoxy) is 2. The molecule has 1 aromatic carbocycles. The lowest BCUT2D eigenvalue weighted by atomic mass is 10.0. The second kappa shape index (κ2) is 8.12. The van der Waals surface area contributed by atoms with Crippen molar-refractivity contribution >= 4 is 0 Å². The Morgan fingerprint density at radius 1 is 1.20 bits per heavy atom. The smallest absolute Gasteiger partial charge is 0.161 e. The molecule has 1 aromatic rings. The Balaban J connectivity index is 2.89. The van der Waals surface area contributed by atoms with Gasteiger partial charge in [0, 0.05) is 18.6 Å². The van der Waals surface area contributed by atoms with Gasteiger partial charge in [-0.2, -0.15) is 0 Å². The highest BCUT2D eigenvalue weighted by Gasteiger charge is 2.16. The van der Waals surface area contributed by atoms with Crippen LogP contribution in [-0.4, -0.2) is 45.8 Å². The lowest BCUT2D eigenvalue weighted by Gasteiger charge is -2.28. The molecule has 20 heavy (non-hydrogen) atoms. The molecule has 0 aromatic heterocycles. The Morgan fingerprint density at radius 2 is 1.85 bits per heavy atom. The molecule has 0 fully saturated rings. The number of likely N-dealkylation sites (N-methyl/N-ethyl adjacent to an activating group) is 2. The number of nitrogens with one attached hydrogen (secondary N) is 1. The van der Waals surface area contributed by atoms with Crippen molar-refractivity contribution in [1.29, 1.82) is 0 Å². The van der Waals surface area contributed by atoms with Crippen LogP contribution in [-0.2, 0) is 0 Å². The van der Waals surface area contributed by atoms with E-state index < -0.39 is 0 Å². The SMILES string of the molecule is CCC(C)N(C)CC(NC)c1ccc(OC)c(OC)c1. The zero-order chi connectivity index (χ0) is 15.1. The molecule has 0 saturated heterocycles. The molecule has 2 atom stereocenters. The highest BCUT2D eigenvalue weighted by atomic mass is 16.5. The van der Waals surface area contributed by atoms with E-state index >= 15 is 0 Å². The summed E-state index contributed by atoms with van der Waals surface area (Å²) in [6.45, 7) is 5.42. The van der Waals surface area contributed by atoms with Gasteiger partial charge in [0.05, 0.1) is 14.2 Å². The maximum atomic E-state index is 5.38. The van der Waals surface area contributed by atoms with Gasteiger partial charge in [0.1, 0.15) is 0 Å². The normalized spacial score (nSPS) is 14.2. The number of benzene rings is 1. The molecule has 0 aliphatic carbocycles. The van der Waals surface area contributed by atoms with Gasteiger partial charge < -0.3 is 19.7 Å². The van der Waals surface area contributed by atoms with Crippen molar-refractivity contribution in [2.45, 2.75) is 32.4 Å². The third-order valence-corrected chi connectivity index (χ3v) is 3.97. The monoisotopic (exact) mass is 280 g/mol. The summed E-state index contributed by atoms with van der Waals surface area (Å²) in [4.78, 5) is 2.37. The van der Waals surface area contributed by atoms with E-state index in [0.29, 0.717) is 6.04 Å². The van der Waals surface area contributed by atoms with Crippen LogP contribution in [0.5, 0.6) is 11.5 Å². The predicted molar refractivity (Wildman–Crippen MR) is 83.7 cm³/mol. The summed E-state index contributed by atoms with van der Waals surface area (Å²) in [5.74, 6) is 1.54. The van der Waals surface area contributed by atoms with Gasteiger partial charge in [-0.3, -0.25) is 0 Å². The Morgan fingerprint density at radius 3 is 2.35 bits per heavy atom. The fourth-order valence-electron chi connectivity index (χ4n) is 2.21. The molecular weight excluding hydrogens is 252 g/mol. The van der Waals surface area contributed by atoms with E-state index in [9.17, 15) is 0 Å². The van der Waals surface area contributed by atoms with Gasteiger partial charge in [-0.1, -0.05) is 13.0 Å². The van der Waals surface area contributed by atoms with Crippen LogP contribution in [0, 0.1) is 0 Å². The summed E-state index contributed by atoms with van der Waals surface area (Å²) in [6, 6.07) is 6.94. The van der Waals surface area contributed by atoms with Crippen molar-refractivity contribution in [2.24, 2.45) is 0 Å². The van der Waals surface area contributed by atoms with Crippen LogP contribution in [0.15, 0.2) is 18.2 Å². The van der Waals surface area contributed by atoms with Gasteiger partial charge in [0.15, 0.2) is 11.5 Å². The van der Waals surface area contributed by atoms with E-state index in [0.717, 1.165) is 24.5 Å². The van der Waals surface area contributed by atoms with E-state index in [2.05, 4.69) is 37.2 Å². The maximum absolute atomic E-state index is 5.38. The first kappa shape index (κ1) is 16.8. The largest absolute Gasteiger partial charge is 0.493 e. The summed E-state index contributed by atoms with van der Waals surface area (Å²) < 4.78 is 10.7. The van der Waals surface area contributed by atoms with Crippen molar-refractivity contribution in [3.05, 3.63) is 23.8 Å². The van der Waals surface area contributed by atoms with Gasteiger partial charge >= 0.3 is 0 Å². The highest BCUT2D eigenvalue weighted by molar-refractivity contribution is 5.43. The standard InChI is InChI=1S/C16H28N2O2/c1-7-12(2)18(4)11-14(17-3)13-8-9-15(19-5)16(10-13)20-6/h8-10,12,14,17H,7,11H2,1-6H3. The fourth-order valence-corrected chi connectivity index (χ4v) is 2.21. The third kappa shape index (κ3) is 4.12. The lowest BCUT2D eigenvalue weighted by molar-refractivity contribution is 0.227. The van der Waals surface area contributed by atoms with Crippen LogP contribution < -0.4 is 14.8 Å². The zero-order valence-electron chi connectivity index (χ0n) is 13.6. The number of hydrogen-bond acceptors (Lipinski definition) is 4. The molecule has 0 heterocycles. The molecule has 114 valence electrons. The molecule has 0 bridgehead atoms. The summed E-state index contributed by atoms with van der Waals surface area (Å²) in [6.07, 6.45) is 1.15. The average molecular weight is 280 g/mol. The molecule has 0 aliphatic heterocycles. The Kier molecular flexibility index (Phi) is 6.82.